The van der Waals surface area contributed by atoms with Gasteiger partial charge in [-0.3, -0.25) is 29.4 Å². The molecule has 0 unspecified atom stereocenters. The van der Waals surface area contributed by atoms with Crippen LogP contribution in [-0.2, 0) is 4.79 Å². The molecule has 3 aromatic carbocycles. The van der Waals surface area contributed by atoms with Crippen molar-refractivity contribution in [2.75, 3.05) is 11.7 Å². The number of anilines is 1. The Morgan fingerprint density at radius 3 is 2.29 bits per heavy atom. The van der Waals surface area contributed by atoms with Crippen molar-refractivity contribution in [3.05, 3.63) is 92.5 Å². The molecule has 3 aliphatic heterocycles. The summed E-state index contributed by atoms with van der Waals surface area (Å²) >= 11 is 6.01. The van der Waals surface area contributed by atoms with E-state index in [0.717, 1.165) is 17.0 Å². The third-order valence-electron chi connectivity index (χ3n) is 6.30. The highest BCUT2D eigenvalue weighted by Crippen LogP contribution is 2.46. The number of fused-ring (bicyclic) bond motifs is 2. The number of carbonyl (C=O) groups is 3. The first-order valence-corrected chi connectivity index (χ1v) is 10.9. The van der Waals surface area contributed by atoms with Gasteiger partial charge < -0.3 is 14.4 Å². The number of rotatable bonds is 4. The molecule has 0 saturated carbocycles. The Hall–Kier alpha value is -4.44. The molecule has 3 aliphatic rings. The third kappa shape index (κ3) is 3.07. The molecule has 174 valence electrons. The van der Waals surface area contributed by atoms with E-state index < -0.39 is 34.7 Å². The Morgan fingerprint density at radius 1 is 0.829 bits per heavy atom. The zero-order valence-electron chi connectivity index (χ0n) is 17.7. The first-order valence-electron chi connectivity index (χ1n) is 10.5. The van der Waals surface area contributed by atoms with Gasteiger partial charge in [0.15, 0.2) is 11.5 Å². The molecule has 0 radical (unpaired) electrons. The van der Waals surface area contributed by atoms with Gasteiger partial charge >= 0.3 is 0 Å². The fourth-order valence-corrected chi connectivity index (χ4v) is 4.78. The zero-order valence-corrected chi connectivity index (χ0v) is 18.5. The summed E-state index contributed by atoms with van der Waals surface area (Å²) in [4.78, 5) is 52.8. The maximum absolute atomic E-state index is 13.5. The number of carbonyl (C=O) groups excluding carboxylic acids is 3. The number of nitro benzene ring substituents is 1. The maximum Gasteiger partial charge on any atom is 0.270 e. The molecular formula is C24H14ClN3O7. The minimum atomic E-state index is -1.16. The van der Waals surface area contributed by atoms with Crippen LogP contribution in [0, 0.1) is 10.1 Å². The quantitative estimate of drug-likeness (QED) is 0.236. The normalized spacial score (nSPS) is 20.2. The lowest BCUT2D eigenvalue weighted by atomic mass is 9.86. The van der Waals surface area contributed by atoms with Crippen LogP contribution in [0.15, 0.2) is 60.7 Å². The van der Waals surface area contributed by atoms with Crippen LogP contribution in [0.4, 0.5) is 11.4 Å². The van der Waals surface area contributed by atoms with Crippen molar-refractivity contribution < 1.29 is 28.8 Å². The van der Waals surface area contributed by atoms with Crippen LogP contribution in [0.2, 0.25) is 5.02 Å². The van der Waals surface area contributed by atoms with E-state index in [9.17, 15) is 24.5 Å². The average molecular weight is 492 g/mol. The van der Waals surface area contributed by atoms with Crippen molar-refractivity contribution >= 4 is 40.7 Å². The molecule has 11 heteroatoms. The third-order valence-corrected chi connectivity index (χ3v) is 6.55. The Bertz CT molecular complexity index is 1460. The number of amides is 3. The molecule has 3 heterocycles. The molecule has 0 bridgehead atoms. The van der Waals surface area contributed by atoms with Crippen molar-refractivity contribution in [2.45, 2.75) is 12.1 Å². The molecule has 2 atom stereocenters. The summed E-state index contributed by atoms with van der Waals surface area (Å²) in [6, 6.07) is 13.3. The summed E-state index contributed by atoms with van der Waals surface area (Å²) in [5, 5.41) is 11.7. The van der Waals surface area contributed by atoms with Crippen LogP contribution in [0.5, 0.6) is 11.5 Å². The van der Waals surface area contributed by atoms with E-state index in [-0.39, 0.29) is 23.6 Å². The number of halogens is 1. The molecule has 10 nitrogen and oxygen atoms in total. The van der Waals surface area contributed by atoms with Gasteiger partial charge in [-0.15, -0.1) is 0 Å². The topological polar surface area (TPSA) is 119 Å². The molecule has 0 N–H and O–H groups in total. The zero-order chi connectivity index (χ0) is 24.4. The van der Waals surface area contributed by atoms with Crippen LogP contribution in [0.3, 0.4) is 0 Å². The second-order valence-corrected chi connectivity index (χ2v) is 8.59. The van der Waals surface area contributed by atoms with Gasteiger partial charge in [-0.1, -0.05) is 17.7 Å². The summed E-state index contributed by atoms with van der Waals surface area (Å²) in [5.41, 5.74) is 0.748. The number of nitro groups is 1. The number of benzene rings is 3. The highest BCUT2D eigenvalue weighted by Gasteiger charge is 2.57. The number of nitrogens with zero attached hydrogens (tertiary/aromatic N) is 3. The number of hydrogen-bond acceptors (Lipinski definition) is 7. The maximum atomic E-state index is 13.5. The molecule has 1 saturated heterocycles. The van der Waals surface area contributed by atoms with Crippen LogP contribution in [0.1, 0.15) is 32.3 Å². The molecule has 0 aromatic heterocycles. The van der Waals surface area contributed by atoms with Gasteiger partial charge in [0.25, 0.3) is 23.4 Å². The molecule has 0 spiro atoms. The lowest BCUT2D eigenvalue weighted by Gasteiger charge is -2.49. The van der Waals surface area contributed by atoms with Crippen molar-refractivity contribution in [1.29, 1.82) is 0 Å². The van der Waals surface area contributed by atoms with Gasteiger partial charge in [0.05, 0.1) is 22.1 Å². The van der Waals surface area contributed by atoms with Crippen molar-refractivity contribution in [3.8, 4) is 11.5 Å². The highest BCUT2D eigenvalue weighted by molar-refractivity contribution is 6.30. The Balaban J connectivity index is 1.43. The smallest absolute Gasteiger partial charge is 0.270 e. The summed E-state index contributed by atoms with van der Waals surface area (Å²) in [7, 11) is 0. The summed E-state index contributed by atoms with van der Waals surface area (Å²) in [6.07, 6.45) is 0. The van der Waals surface area contributed by atoms with E-state index in [1.807, 2.05) is 0 Å². The van der Waals surface area contributed by atoms with Crippen molar-refractivity contribution in [1.82, 2.24) is 4.90 Å². The van der Waals surface area contributed by atoms with Crippen LogP contribution in [-0.4, -0.2) is 40.4 Å². The standard InChI is InChI=1S/C24H14ClN3O7/c25-13-2-4-14(5-3-13)26-20(12-1-8-18-19(9-12)35-11-34-18)21(24(26)31)27-22(29)16-7-6-15(28(32)33)10-17(16)23(27)30/h1-10,20-21H,11H2/t20-,21+/m1/s1. The van der Waals surface area contributed by atoms with Gasteiger partial charge in [-0.2, -0.15) is 0 Å². The summed E-state index contributed by atoms with van der Waals surface area (Å²) in [6.45, 7) is 0.0594. The van der Waals surface area contributed by atoms with Gasteiger partial charge in [0.2, 0.25) is 6.79 Å². The second-order valence-electron chi connectivity index (χ2n) is 8.15. The van der Waals surface area contributed by atoms with E-state index in [1.54, 1.807) is 42.5 Å². The largest absolute Gasteiger partial charge is 0.454 e. The lowest BCUT2D eigenvalue weighted by Crippen LogP contribution is -2.67. The van der Waals surface area contributed by atoms with E-state index in [0.29, 0.717) is 27.8 Å². The minimum Gasteiger partial charge on any atom is -0.454 e. The predicted octanol–water partition coefficient (Wildman–Crippen LogP) is 3.73. The van der Waals surface area contributed by atoms with Crippen molar-refractivity contribution in [2.24, 2.45) is 0 Å². The molecule has 3 aromatic rings. The van der Waals surface area contributed by atoms with E-state index in [1.165, 1.54) is 11.0 Å². The molecule has 1 fully saturated rings. The Morgan fingerprint density at radius 2 is 1.54 bits per heavy atom. The van der Waals surface area contributed by atoms with Crippen LogP contribution < -0.4 is 14.4 Å². The number of ether oxygens (including phenoxy) is 2. The second kappa shape index (κ2) is 7.54. The number of non-ortho nitro benzene ring substituents is 1. The van der Waals surface area contributed by atoms with Crippen molar-refractivity contribution in [3.63, 3.8) is 0 Å². The highest BCUT2D eigenvalue weighted by atomic mass is 35.5. The number of β-lactam (4-membered cyclic amide) rings is 1. The SMILES string of the molecule is O=C1c2ccc([N+](=O)[O-])cc2C(=O)N1[C@@H]1C(=O)N(c2ccc(Cl)cc2)[C@@H]1c1ccc2c(c1)OCO2. The van der Waals surface area contributed by atoms with E-state index >= 15 is 0 Å². The van der Waals surface area contributed by atoms with Gasteiger partial charge in [-0.05, 0) is 48.0 Å². The van der Waals surface area contributed by atoms with Gasteiger partial charge in [0, 0.05) is 22.8 Å². The van der Waals surface area contributed by atoms with Crippen LogP contribution >= 0.6 is 11.6 Å². The molecule has 6 rings (SSSR count). The van der Waals surface area contributed by atoms with Gasteiger partial charge in [-0.25, -0.2) is 0 Å². The fourth-order valence-electron chi connectivity index (χ4n) is 4.66. The molecule has 3 amide bonds. The Labute approximate surface area is 202 Å². The summed E-state index contributed by atoms with van der Waals surface area (Å²) < 4.78 is 10.8. The fraction of sp³-hybridized carbons (Fsp3) is 0.125. The predicted molar refractivity (Wildman–Crippen MR) is 122 cm³/mol. The number of hydrogen-bond donors (Lipinski definition) is 0. The Kier molecular flexibility index (Phi) is 4.55. The van der Waals surface area contributed by atoms with Gasteiger partial charge in [0.1, 0.15) is 6.04 Å². The minimum absolute atomic E-state index is 0.0165. The average Bonchev–Trinajstić information content (AvgIpc) is 3.41. The van der Waals surface area contributed by atoms with E-state index in [2.05, 4.69) is 0 Å². The van der Waals surface area contributed by atoms with E-state index in [4.69, 9.17) is 21.1 Å². The number of imide groups is 1. The molecule has 35 heavy (non-hydrogen) atoms. The monoisotopic (exact) mass is 491 g/mol. The first-order chi connectivity index (χ1) is 16.8. The molecular weight excluding hydrogens is 478 g/mol. The van der Waals surface area contributed by atoms with Crippen LogP contribution in [0.25, 0.3) is 0 Å². The summed E-state index contributed by atoms with van der Waals surface area (Å²) in [5.74, 6) is -0.885. The first kappa shape index (κ1) is 21.1. The molecule has 0 aliphatic carbocycles. The lowest BCUT2D eigenvalue weighted by molar-refractivity contribution is -0.384.